The maximum Gasteiger partial charge on any atom is 0.472 e. The van der Waals surface area contributed by atoms with E-state index in [0.717, 1.165) is 109 Å². The number of amides is 1. The van der Waals surface area contributed by atoms with Crippen LogP contribution >= 0.6 is 7.82 Å². The van der Waals surface area contributed by atoms with Crippen LogP contribution in [0.15, 0.2) is 122 Å². The summed E-state index contributed by atoms with van der Waals surface area (Å²) in [7, 11) is 1.44. The maximum absolute atomic E-state index is 13.5. The van der Waals surface area contributed by atoms with E-state index in [1.54, 1.807) is 0 Å². The average molecular weight is 1080 g/mol. The highest BCUT2D eigenvalue weighted by atomic mass is 31.2. The largest absolute Gasteiger partial charge is 0.472 e. The fraction of sp³-hybridized carbons (Fsp3) is 0.667. The molecule has 2 N–H and O–H groups in total. The van der Waals surface area contributed by atoms with Gasteiger partial charge in [-0.2, -0.15) is 0 Å². The van der Waals surface area contributed by atoms with Crippen molar-refractivity contribution in [1.82, 2.24) is 5.32 Å². The second-order valence-electron chi connectivity index (χ2n) is 21.1. The number of phosphoric ester groups is 1. The van der Waals surface area contributed by atoms with Crippen molar-refractivity contribution in [2.75, 3.05) is 40.9 Å². The molecule has 0 aliphatic rings. The monoisotopic (exact) mass is 1080 g/mol. The quantitative estimate of drug-likeness (QED) is 0.0205. The molecule has 0 aromatic carbocycles. The number of hydrogen-bond acceptors (Lipinski definition) is 6. The van der Waals surface area contributed by atoms with Gasteiger partial charge in [0.2, 0.25) is 5.91 Å². The molecule has 0 spiro atoms. The third-order valence-corrected chi connectivity index (χ3v) is 13.6. The van der Waals surface area contributed by atoms with Gasteiger partial charge in [-0.15, -0.1) is 0 Å². The molecule has 0 radical (unpaired) electrons. The number of allylic oxidation sites excluding steroid dienone is 19. The number of nitrogens with zero attached hydrogens (tertiary/aromatic N) is 1. The number of esters is 1. The highest BCUT2D eigenvalue weighted by Crippen LogP contribution is 2.43. The highest BCUT2D eigenvalue weighted by Gasteiger charge is 2.30. The third kappa shape index (κ3) is 55.2. The summed E-state index contributed by atoms with van der Waals surface area (Å²) in [6, 6.07) is -0.887. The fourth-order valence-corrected chi connectivity index (χ4v) is 8.68. The van der Waals surface area contributed by atoms with Gasteiger partial charge < -0.3 is 19.4 Å². The lowest BCUT2D eigenvalue weighted by atomic mass is 10.1. The molecule has 0 aromatic heterocycles. The summed E-state index contributed by atoms with van der Waals surface area (Å²) in [6.07, 6.45) is 76.2. The van der Waals surface area contributed by atoms with Crippen molar-refractivity contribution >= 4 is 19.7 Å². The molecular weight excluding hydrogens is 964 g/mol. The lowest BCUT2D eigenvalue weighted by Crippen LogP contribution is -2.47. The van der Waals surface area contributed by atoms with E-state index in [4.69, 9.17) is 13.8 Å². The molecule has 0 aromatic rings. The van der Waals surface area contributed by atoms with Gasteiger partial charge in [0.25, 0.3) is 0 Å². The summed E-state index contributed by atoms with van der Waals surface area (Å²) in [5.41, 5.74) is 0. The van der Waals surface area contributed by atoms with Crippen molar-refractivity contribution in [2.24, 2.45) is 0 Å². The van der Waals surface area contributed by atoms with Gasteiger partial charge in [0, 0.05) is 12.8 Å². The topological polar surface area (TPSA) is 111 Å². The summed E-state index contributed by atoms with van der Waals surface area (Å²) in [5.74, 6) is -0.588. The Morgan fingerprint density at radius 1 is 0.474 bits per heavy atom. The molecule has 0 heterocycles. The van der Waals surface area contributed by atoms with Crippen LogP contribution in [0.5, 0.6) is 0 Å². The van der Waals surface area contributed by atoms with Gasteiger partial charge in [0.15, 0.2) is 0 Å². The Kier molecular flexibility index (Phi) is 52.2. The first-order chi connectivity index (χ1) is 36.9. The molecule has 76 heavy (non-hydrogen) atoms. The van der Waals surface area contributed by atoms with Crippen LogP contribution in [0.3, 0.4) is 0 Å². The number of carbonyl (C=O) groups excluding carboxylic acids is 2. The number of phosphoric acid groups is 1. The van der Waals surface area contributed by atoms with Crippen molar-refractivity contribution in [3.8, 4) is 0 Å². The number of carbonyl (C=O) groups is 2. The smallest absolute Gasteiger partial charge is 0.456 e. The van der Waals surface area contributed by atoms with Crippen LogP contribution in [0, 0.1) is 0 Å². The molecule has 0 aliphatic heterocycles. The van der Waals surface area contributed by atoms with Crippen molar-refractivity contribution in [1.29, 1.82) is 0 Å². The zero-order valence-electron chi connectivity index (χ0n) is 49.4. The first kappa shape index (κ1) is 72.4. The summed E-state index contributed by atoms with van der Waals surface area (Å²) >= 11 is 0. The average Bonchev–Trinajstić information content (AvgIpc) is 3.38. The summed E-state index contributed by atoms with van der Waals surface area (Å²) in [6.45, 7) is 6.80. The molecule has 10 heteroatoms. The SMILES string of the molecule is CC/C=C\C/C=C\C/C=C\C/C=C\C/C=C\CCCCCC(=O)NC(COP(=O)(O)OCC[N+](C)(C)C)C(/C=C/CCCCCCCCCCCC)OC(=O)CCCCC/C=C\C/C=C\C/C=C\C/C=C\CCCCC. The second kappa shape index (κ2) is 54.8. The van der Waals surface area contributed by atoms with Crippen LogP contribution in [-0.2, 0) is 27.9 Å². The standard InChI is InChI=1S/C66H113N2O7P/c1-7-10-13-16-19-22-25-28-30-32-34-36-38-40-43-46-49-52-55-58-65(69)67-63(62-74-76(71,72)73-61-60-68(4,5)6)64(57-54-51-48-45-42-27-24-21-18-15-12-9-3)75-66(70)59-56-53-50-47-44-41-39-37-35-33-31-29-26-23-20-17-14-11-8-2/h10,13,19-20,22-23,28-31,34-37,40-41,43-44,54,57,63-64H,7-9,11-12,14-18,21,24-27,32-33,38-39,42,45-53,55-56,58-62H2,1-6H3,(H-,67,69,71,72)/p+1/b13-10-,22-19-,23-20-,30-28-,31-29-,36-34-,37-35-,43-40-,44-41-,57-54+. The Bertz CT molecular complexity index is 1720. The molecular formula is C66H114N2O7P+. The van der Waals surface area contributed by atoms with Crippen molar-refractivity contribution in [3.05, 3.63) is 122 Å². The lowest BCUT2D eigenvalue weighted by molar-refractivity contribution is -0.870. The minimum atomic E-state index is -4.47. The Hall–Kier alpha value is -3.59. The van der Waals surface area contributed by atoms with Gasteiger partial charge in [-0.1, -0.05) is 220 Å². The van der Waals surface area contributed by atoms with Crippen LogP contribution in [0.4, 0.5) is 0 Å². The minimum absolute atomic E-state index is 0.0213. The van der Waals surface area contributed by atoms with Gasteiger partial charge in [-0.05, 0) is 122 Å². The van der Waals surface area contributed by atoms with Gasteiger partial charge >= 0.3 is 13.8 Å². The first-order valence-corrected chi connectivity index (χ1v) is 31.9. The van der Waals surface area contributed by atoms with E-state index in [9.17, 15) is 19.0 Å². The zero-order valence-corrected chi connectivity index (χ0v) is 50.3. The Labute approximate surface area is 467 Å². The molecule has 0 fully saturated rings. The number of likely N-dealkylation sites (N-methyl/N-ethyl adjacent to an activating group) is 1. The van der Waals surface area contributed by atoms with Crippen molar-refractivity contribution in [2.45, 2.75) is 245 Å². The molecule has 3 atom stereocenters. The van der Waals surface area contributed by atoms with Crippen molar-refractivity contribution < 1.29 is 37.3 Å². The Morgan fingerprint density at radius 3 is 1.29 bits per heavy atom. The van der Waals surface area contributed by atoms with Crippen molar-refractivity contribution in [3.63, 3.8) is 0 Å². The number of ether oxygens (including phenoxy) is 1. The molecule has 0 bridgehead atoms. The van der Waals surface area contributed by atoms with Gasteiger partial charge in [-0.3, -0.25) is 18.6 Å². The van der Waals surface area contributed by atoms with E-state index in [1.807, 2.05) is 33.3 Å². The molecule has 3 unspecified atom stereocenters. The summed E-state index contributed by atoms with van der Waals surface area (Å²) < 4.78 is 30.6. The molecule has 0 saturated heterocycles. The number of rotatable bonds is 53. The Morgan fingerprint density at radius 2 is 0.842 bits per heavy atom. The van der Waals surface area contributed by atoms with Crippen LogP contribution in [0.1, 0.15) is 233 Å². The third-order valence-electron chi connectivity index (χ3n) is 12.6. The highest BCUT2D eigenvalue weighted by molar-refractivity contribution is 7.47. The summed E-state index contributed by atoms with van der Waals surface area (Å²) in [5, 5.41) is 3.02. The number of nitrogens with one attached hydrogen (secondary N) is 1. The molecule has 9 nitrogen and oxygen atoms in total. The van der Waals surface area contributed by atoms with E-state index in [-0.39, 0.29) is 37.9 Å². The second-order valence-corrected chi connectivity index (χ2v) is 22.6. The van der Waals surface area contributed by atoms with E-state index in [0.29, 0.717) is 23.9 Å². The van der Waals surface area contributed by atoms with Crippen LogP contribution in [0.2, 0.25) is 0 Å². The zero-order chi connectivity index (χ0) is 55.7. The van der Waals surface area contributed by atoms with Gasteiger partial charge in [0.1, 0.15) is 19.3 Å². The molecule has 434 valence electrons. The van der Waals surface area contributed by atoms with Crippen LogP contribution in [0.25, 0.3) is 0 Å². The van der Waals surface area contributed by atoms with Crippen LogP contribution in [-0.4, -0.2) is 74.3 Å². The summed E-state index contributed by atoms with van der Waals surface area (Å²) in [4.78, 5) is 37.7. The molecule has 1 amide bonds. The molecule has 0 aliphatic carbocycles. The number of unbranched alkanes of at least 4 members (excludes halogenated alkanes) is 19. The maximum atomic E-state index is 13.5. The predicted molar refractivity (Wildman–Crippen MR) is 327 cm³/mol. The van der Waals surface area contributed by atoms with E-state index >= 15 is 0 Å². The number of hydrogen-bond donors (Lipinski definition) is 2. The lowest BCUT2D eigenvalue weighted by Gasteiger charge is -2.27. The molecule has 0 rings (SSSR count). The minimum Gasteiger partial charge on any atom is -0.456 e. The Balaban J connectivity index is 5.43. The van der Waals surface area contributed by atoms with Gasteiger partial charge in [0.05, 0.1) is 33.8 Å². The fourth-order valence-electron chi connectivity index (χ4n) is 7.95. The number of quaternary nitrogens is 1. The molecule has 0 saturated carbocycles. The predicted octanol–water partition coefficient (Wildman–Crippen LogP) is 18.7. The van der Waals surface area contributed by atoms with E-state index in [2.05, 4.69) is 135 Å². The first-order valence-electron chi connectivity index (χ1n) is 30.4. The van der Waals surface area contributed by atoms with Gasteiger partial charge in [-0.25, -0.2) is 4.57 Å². The van der Waals surface area contributed by atoms with Crippen LogP contribution < -0.4 is 5.32 Å². The normalized spacial score (nSPS) is 14.6. The van der Waals surface area contributed by atoms with E-state index in [1.165, 1.54) is 77.0 Å². The van der Waals surface area contributed by atoms with E-state index < -0.39 is 20.0 Å².